The number of hydrogen-bond acceptors (Lipinski definition) is 6. The Morgan fingerprint density at radius 2 is 1.96 bits per heavy atom. The predicted octanol–water partition coefficient (Wildman–Crippen LogP) is 2.75. The molecule has 0 radical (unpaired) electrons. The maximum absolute atomic E-state index is 12.5. The van der Waals surface area contributed by atoms with Crippen molar-refractivity contribution in [2.45, 2.75) is 20.3 Å². The number of aromatic nitrogens is 1. The largest absolute Gasteiger partial charge is 0.462 e. The van der Waals surface area contributed by atoms with Gasteiger partial charge in [0.25, 0.3) is 0 Å². The van der Waals surface area contributed by atoms with Crippen molar-refractivity contribution < 1.29 is 17.9 Å². The van der Waals surface area contributed by atoms with Crippen molar-refractivity contribution in [3.8, 4) is 0 Å². The van der Waals surface area contributed by atoms with Gasteiger partial charge in [0.15, 0.2) is 0 Å². The summed E-state index contributed by atoms with van der Waals surface area (Å²) in [6.45, 7) is 3.12. The Morgan fingerprint density at radius 1 is 1.26 bits per heavy atom. The van der Waals surface area contributed by atoms with Crippen molar-refractivity contribution in [2.75, 3.05) is 32.8 Å². The zero-order valence-electron chi connectivity index (χ0n) is 14.8. The number of carbonyl (C=O) groups is 1. The van der Waals surface area contributed by atoms with E-state index in [9.17, 15) is 13.2 Å². The number of piperidine rings is 1. The lowest BCUT2D eigenvalue weighted by Crippen LogP contribution is -2.36. The van der Waals surface area contributed by atoms with Gasteiger partial charge in [0, 0.05) is 30.7 Å². The summed E-state index contributed by atoms with van der Waals surface area (Å²) in [5, 5.41) is 0.911. The summed E-state index contributed by atoms with van der Waals surface area (Å²) in [7, 11) is -0.403. The highest BCUT2D eigenvalue weighted by molar-refractivity contribution is 7.61. The normalized spacial score (nSPS) is 15.3. The first-order valence-corrected chi connectivity index (χ1v) is 9.78. The van der Waals surface area contributed by atoms with Crippen LogP contribution in [0.15, 0.2) is 34.8 Å². The van der Waals surface area contributed by atoms with Crippen molar-refractivity contribution >= 4 is 27.4 Å². The van der Waals surface area contributed by atoms with E-state index in [4.69, 9.17) is 4.74 Å². The molecule has 1 aliphatic rings. The van der Waals surface area contributed by atoms with Crippen molar-refractivity contribution in [1.82, 2.24) is 9.47 Å². The fourth-order valence-corrected chi connectivity index (χ4v) is 3.64. The molecule has 1 aromatic carbocycles. The van der Waals surface area contributed by atoms with Gasteiger partial charge in [0.05, 0.1) is 18.7 Å². The molecule has 27 heavy (non-hydrogen) atoms. The molecule has 1 saturated heterocycles. The number of aryl methyl sites for hydroxylation is 1. The molecule has 2 aromatic rings. The number of carbonyl (C=O) groups excluding carboxylic acids is 1. The molecule has 2 heterocycles. The molecule has 8 heteroatoms. The van der Waals surface area contributed by atoms with Gasteiger partial charge in [-0.3, -0.25) is 0 Å². The van der Waals surface area contributed by atoms with Crippen molar-refractivity contribution in [2.24, 2.45) is 17.3 Å². The lowest BCUT2D eigenvalue weighted by atomic mass is 9.98. The van der Waals surface area contributed by atoms with Crippen molar-refractivity contribution in [3.63, 3.8) is 0 Å². The molecule has 1 aliphatic heterocycles. The molecule has 0 unspecified atom stereocenters. The molecule has 0 amide bonds. The van der Waals surface area contributed by atoms with Crippen LogP contribution in [0.4, 0.5) is 0 Å². The third-order valence-corrected chi connectivity index (χ3v) is 5.28. The van der Waals surface area contributed by atoms with Gasteiger partial charge >= 0.3 is 16.5 Å². The number of rotatable bonds is 6. The first-order chi connectivity index (χ1) is 12.5. The van der Waals surface area contributed by atoms with E-state index >= 15 is 0 Å². The number of esters is 1. The summed E-state index contributed by atoms with van der Waals surface area (Å²) in [5.74, 6) is 0.0664. The molecule has 0 atom stereocenters. The highest BCUT2D eigenvalue weighted by Gasteiger charge is 2.21. The fraction of sp³-hybridized carbons (Fsp3) is 0.526. The zero-order valence-corrected chi connectivity index (χ0v) is 15.6. The van der Waals surface area contributed by atoms with Gasteiger partial charge in [-0.05, 0) is 37.9 Å². The minimum atomic E-state index is -2.32. The molecule has 1 fully saturated rings. The number of nitrogens with zero attached hydrogens (tertiary/aromatic N) is 3. The smallest absolute Gasteiger partial charge is 0.340 e. The van der Waals surface area contributed by atoms with Crippen LogP contribution in [-0.4, -0.2) is 56.6 Å². The van der Waals surface area contributed by atoms with Gasteiger partial charge in [-0.1, -0.05) is 25.6 Å². The second-order valence-corrected chi connectivity index (χ2v) is 7.32. The van der Waals surface area contributed by atoms with Gasteiger partial charge < -0.3 is 14.2 Å². The van der Waals surface area contributed by atoms with E-state index in [2.05, 4.69) is 9.26 Å². The lowest BCUT2D eigenvalue weighted by molar-refractivity contribution is 0.0376. The Labute approximate surface area is 161 Å². The van der Waals surface area contributed by atoms with E-state index in [1.54, 1.807) is 0 Å². The van der Waals surface area contributed by atoms with E-state index in [1.165, 1.54) is 0 Å². The third-order valence-electron chi connectivity index (χ3n) is 4.89. The second-order valence-electron chi connectivity index (χ2n) is 6.62. The van der Waals surface area contributed by atoms with Crippen LogP contribution in [0.25, 0.3) is 10.9 Å². The molecule has 0 N–H and O–H groups in total. The summed E-state index contributed by atoms with van der Waals surface area (Å²) < 4.78 is 31.8. The summed E-state index contributed by atoms with van der Waals surface area (Å²) in [4.78, 5) is 14.7. The van der Waals surface area contributed by atoms with E-state index in [-0.39, 0.29) is 13.4 Å². The van der Waals surface area contributed by atoms with E-state index < -0.39 is 10.5 Å². The molecule has 3 rings (SSSR count). The van der Waals surface area contributed by atoms with E-state index in [1.807, 2.05) is 42.1 Å². The Kier molecular flexibility index (Phi) is 7.55. The van der Waals surface area contributed by atoms with Crippen LogP contribution in [0.2, 0.25) is 0 Å². The van der Waals surface area contributed by atoms with Crippen LogP contribution in [0.5, 0.6) is 0 Å². The number of ether oxygens (including phenoxy) is 1. The summed E-state index contributed by atoms with van der Waals surface area (Å²) in [5.41, 5.74) is 1.62. The lowest BCUT2D eigenvalue weighted by Gasteiger charge is -2.31. The highest BCUT2D eigenvalue weighted by atomic mass is 32.2. The Balaban J connectivity index is 0.00000261. The molecular formula is C19H27N3O4S. The maximum atomic E-state index is 12.5. The first kappa shape index (κ1) is 21.1. The SMILES string of the molecule is C.Cn1cc(C(=O)OCC2CCN(CCN=S(=O)=O)CC2)c2ccccc21. The Morgan fingerprint density at radius 3 is 2.67 bits per heavy atom. The molecule has 0 aliphatic carbocycles. The average Bonchev–Trinajstić information content (AvgIpc) is 2.98. The molecule has 0 spiro atoms. The van der Waals surface area contributed by atoms with Crippen LogP contribution in [-0.2, 0) is 22.3 Å². The van der Waals surface area contributed by atoms with Crippen LogP contribution in [0.3, 0.4) is 0 Å². The van der Waals surface area contributed by atoms with Crippen LogP contribution >= 0.6 is 0 Å². The van der Waals surface area contributed by atoms with Gasteiger partial charge in [-0.15, -0.1) is 0 Å². The third kappa shape index (κ3) is 5.40. The van der Waals surface area contributed by atoms with E-state index in [0.29, 0.717) is 31.2 Å². The maximum Gasteiger partial charge on any atom is 0.340 e. The second kappa shape index (κ2) is 9.66. The Bertz CT molecular complexity index is 904. The number of para-hydroxylation sites is 1. The number of hydrogen-bond donors (Lipinski definition) is 0. The monoisotopic (exact) mass is 393 g/mol. The van der Waals surface area contributed by atoms with Gasteiger partial charge in [-0.2, -0.15) is 12.8 Å². The minimum Gasteiger partial charge on any atom is -0.462 e. The van der Waals surface area contributed by atoms with Crippen molar-refractivity contribution in [3.05, 3.63) is 36.0 Å². The van der Waals surface area contributed by atoms with Gasteiger partial charge in [-0.25, -0.2) is 4.79 Å². The van der Waals surface area contributed by atoms with Crippen molar-refractivity contribution in [1.29, 1.82) is 0 Å². The molecular weight excluding hydrogens is 366 g/mol. The summed E-state index contributed by atoms with van der Waals surface area (Å²) >= 11 is 0. The Hall–Kier alpha value is -2.19. The van der Waals surface area contributed by atoms with Gasteiger partial charge in [0.1, 0.15) is 0 Å². The van der Waals surface area contributed by atoms with Gasteiger partial charge in [0.2, 0.25) is 0 Å². The van der Waals surface area contributed by atoms with E-state index in [0.717, 1.165) is 36.8 Å². The molecule has 0 bridgehead atoms. The topological polar surface area (TPSA) is 81.0 Å². The number of fused-ring (bicyclic) bond motifs is 1. The highest BCUT2D eigenvalue weighted by Crippen LogP contribution is 2.22. The molecule has 7 nitrogen and oxygen atoms in total. The van der Waals surface area contributed by atoms with Crippen LogP contribution < -0.4 is 0 Å². The zero-order chi connectivity index (χ0) is 18.5. The summed E-state index contributed by atoms with van der Waals surface area (Å²) in [6.07, 6.45) is 3.69. The standard InChI is InChI=1S/C18H23N3O4S.CH4/c1-20-12-16(15-4-2-3-5-17(15)20)18(22)25-13-14-6-9-21(10-7-14)11-8-19-26(23)24;/h2-5,12,14H,6-11,13H2,1H3;1H4. The fourth-order valence-electron chi connectivity index (χ4n) is 3.41. The first-order valence-electron chi connectivity index (χ1n) is 8.75. The summed E-state index contributed by atoms with van der Waals surface area (Å²) in [6, 6.07) is 7.79. The molecule has 0 saturated carbocycles. The van der Waals surface area contributed by atoms with Crippen LogP contribution in [0, 0.1) is 5.92 Å². The predicted molar refractivity (Wildman–Crippen MR) is 105 cm³/mol. The molecule has 148 valence electrons. The van der Waals surface area contributed by atoms with Crippen LogP contribution in [0.1, 0.15) is 30.6 Å². The number of benzene rings is 1. The quantitative estimate of drug-likeness (QED) is 0.705. The molecule has 1 aromatic heterocycles. The average molecular weight is 394 g/mol. The number of likely N-dealkylation sites (tertiary alicyclic amines) is 1. The minimum absolute atomic E-state index is 0.